The first-order valence-electron chi connectivity index (χ1n) is 11.1. The van der Waals surface area contributed by atoms with Crippen LogP contribution in [0.4, 0.5) is 11.5 Å². The Kier molecular flexibility index (Phi) is 7.36. The molecular formula is C25H22N6O5. The zero-order chi connectivity index (χ0) is 25.5. The first-order valence-corrected chi connectivity index (χ1v) is 11.1. The summed E-state index contributed by atoms with van der Waals surface area (Å²) in [5.41, 5.74) is 1.81. The minimum atomic E-state index is -0.810. The van der Waals surface area contributed by atoms with Crippen molar-refractivity contribution in [1.29, 1.82) is 5.26 Å². The van der Waals surface area contributed by atoms with E-state index in [9.17, 15) is 24.4 Å². The maximum Gasteiger partial charge on any atom is 0.325 e. The number of anilines is 2. The number of aromatic nitrogens is 2. The van der Waals surface area contributed by atoms with Crippen LogP contribution in [0.1, 0.15) is 28.8 Å². The lowest BCUT2D eigenvalue weighted by Gasteiger charge is -2.15. The minimum absolute atomic E-state index is 0.0485. The van der Waals surface area contributed by atoms with E-state index < -0.39 is 30.9 Å². The van der Waals surface area contributed by atoms with Crippen molar-refractivity contribution in [3.05, 3.63) is 71.9 Å². The molecule has 1 aromatic heterocycles. The summed E-state index contributed by atoms with van der Waals surface area (Å²) in [5.74, 6) is -1.78. The molecule has 1 aliphatic rings. The first-order chi connectivity index (χ1) is 17.5. The van der Waals surface area contributed by atoms with Crippen molar-refractivity contribution in [2.75, 3.05) is 29.9 Å². The fourth-order valence-corrected chi connectivity index (χ4v) is 3.65. The van der Waals surface area contributed by atoms with Crippen molar-refractivity contribution >= 4 is 35.2 Å². The van der Waals surface area contributed by atoms with Gasteiger partial charge in [0.05, 0.1) is 11.9 Å². The largest absolute Gasteiger partial charge is 0.454 e. The quantitative estimate of drug-likeness (QED) is 0.462. The summed E-state index contributed by atoms with van der Waals surface area (Å²) in [6.07, 6.45) is 2.63. The zero-order valence-corrected chi connectivity index (χ0v) is 19.1. The molecular weight excluding hydrogens is 464 g/mol. The smallest absolute Gasteiger partial charge is 0.325 e. The number of hydrogen-bond acceptors (Lipinski definition) is 7. The van der Waals surface area contributed by atoms with Gasteiger partial charge >= 0.3 is 5.97 Å². The number of benzene rings is 2. The Morgan fingerprint density at radius 1 is 1.06 bits per heavy atom. The maximum absolute atomic E-state index is 12.3. The molecule has 3 amide bonds. The van der Waals surface area contributed by atoms with Gasteiger partial charge in [0.2, 0.25) is 5.91 Å². The normalized spacial score (nSPS) is 12.6. The molecule has 1 aliphatic heterocycles. The van der Waals surface area contributed by atoms with Gasteiger partial charge in [-0.25, -0.2) is 4.68 Å². The monoisotopic (exact) mass is 486 g/mol. The number of carbonyl (C=O) groups is 4. The van der Waals surface area contributed by atoms with Gasteiger partial charge in [-0.05, 0) is 42.8 Å². The minimum Gasteiger partial charge on any atom is -0.454 e. The second-order valence-electron chi connectivity index (χ2n) is 7.85. The third-order valence-corrected chi connectivity index (χ3v) is 5.42. The molecule has 11 heteroatoms. The fourth-order valence-electron chi connectivity index (χ4n) is 3.65. The molecule has 3 aromatic rings. The average Bonchev–Trinajstić information content (AvgIpc) is 3.52. The highest BCUT2D eigenvalue weighted by Crippen LogP contribution is 2.22. The molecule has 0 atom stereocenters. The van der Waals surface area contributed by atoms with Gasteiger partial charge < -0.3 is 20.3 Å². The van der Waals surface area contributed by atoms with Crippen LogP contribution >= 0.6 is 0 Å². The van der Waals surface area contributed by atoms with Gasteiger partial charge in [0, 0.05) is 24.2 Å². The molecule has 11 nitrogen and oxygen atoms in total. The molecule has 0 aliphatic carbocycles. The van der Waals surface area contributed by atoms with E-state index in [2.05, 4.69) is 15.7 Å². The maximum atomic E-state index is 12.3. The number of hydrogen-bond donors (Lipinski definition) is 2. The number of amides is 3. The van der Waals surface area contributed by atoms with E-state index >= 15 is 0 Å². The van der Waals surface area contributed by atoms with Crippen molar-refractivity contribution in [1.82, 2.24) is 15.1 Å². The number of para-hydroxylation sites is 1. The Morgan fingerprint density at radius 2 is 1.81 bits per heavy atom. The van der Waals surface area contributed by atoms with Crippen LogP contribution in [0.25, 0.3) is 5.69 Å². The summed E-state index contributed by atoms with van der Waals surface area (Å²) >= 11 is 0. The zero-order valence-electron chi connectivity index (χ0n) is 19.1. The Morgan fingerprint density at radius 3 is 2.47 bits per heavy atom. The molecule has 2 heterocycles. The number of nitrogens with zero attached hydrogens (tertiary/aromatic N) is 4. The van der Waals surface area contributed by atoms with Crippen LogP contribution in [-0.4, -0.2) is 53.2 Å². The van der Waals surface area contributed by atoms with E-state index in [0.717, 1.165) is 6.42 Å². The van der Waals surface area contributed by atoms with Crippen LogP contribution in [0.2, 0.25) is 0 Å². The lowest BCUT2D eigenvalue weighted by Crippen LogP contribution is -2.32. The molecule has 1 fully saturated rings. The topological polar surface area (TPSA) is 146 Å². The van der Waals surface area contributed by atoms with Crippen LogP contribution in [0.15, 0.2) is 60.8 Å². The standard InChI is InChI=1S/C25H22N6O5/c26-13-18-14-28-31(20-5-2-1-3-6-20)24(18)29-21(32)16-36-23(34)15-27-25(35)17-8-10-19(11-9-17)30-12-4-7-22(30)33/h1-3,5-6,8-11,14H,4,7,12,15-16H2,(H,27,35)(H,29,32). The molecule has 2 N–H and O–H groups in total. The highest BCUT2D eigenvalue weighted by Gasteiger charge is 2.22. The number of ether oxygens (including phenoxy) is 1. The molecule has 0 bridgehead atoms. The highest BCUT2D eigenvalue weighted by molar-refractivity contribution is 5.98. The summed E-state index contributed by atoms with van der Waals surface area (Å²) in [7, 11) is 0. The molecule has 1 saturated heterocycles. The van der Waals surface area contributed by atoms with E-state index in [4.69, 9.17) is 4.74 Å². The van der Waals surface area contributed by atoms with Gasteiger partial charge in [-0.2, -0.15) is 10.4 Å². The molecule has 0 unspecified atom stereocenters. The van der Waals surface area contributed by atoms with Gasteiger partial charge in [0.15, 0.2) is 12.4 Å². The lowest BCUT2D eigenvalue weighted by molar-refractivity contribution is -0.146. The van der Waals surface area contributed by atoms with E-state index in [0.29, 0.717) is 29.9 Å². The third kappa shape index (κ3) is 5.56. The van der Waals surface area contributed by atoms with Gasteiger partial charge in [-0.3, -0.25) is 19.2 Å². The number of nitrogens with one attached hydrogen (secondary N) is 2. The van der Waals surface area contributed by atoms with Crippen LogP contribution < -0.4 is 15.5 Å². The van der Waals surface area contributed by atoms with Crippen LogP contribution in [0.5, 0.6) is 0 Å². The Labute approximate surface area is 206 Å². The van der Waals surface area contributed by atoms with Gasteiger partial charge in [0.25, 0.3) is 11.8 Å². The lowest BCUT2D eigenvalue weighted by atomic mass is 10.2. The van der Waals surface area contributed by atoms with E-state index in [1.165, 1.54) is 10.9 Å². The molecule has 182 valence electrons. The molecule has 4 rings (SSSR count). The van der Waals surface area contributed by atoms with Gasteiger partial charge in [0.1, 0.15) is 18.2 Å². The summed E-state index contributed by atoms with van der Waals surface area (Å²) in [6.45, 7) is -0.405. The second-order valence-corrected chi connectivity index (χ2v) is 7.85. The molecule has 0 saturated carbocycles. The second kappa shape index (κ2) is 11.0. The van der Waals surface area contributed by atoms with Crippen molar-refractivity contribution in [2.45, 2.75) is 12.8 Å². The fraction of sp³-hybridized carbons (Fsp3) is 0.200. The Hall–Kier alpha value is -4.98. The number of esters is 1. The SMILES string of the molecule is N#Cc1cnn(-c2ccccc2)c1NC(=O)COC(=O)CNC(=O)c1ccc(N2CCCC2=O)cc1. The Balaban J connectivity index is 1.26. The van der Waals surface area contributed by atoms with Crippen LogP contribution in [-0.2, 0) is 19.1 Å². The molecule has 2 aromatic carbocycles. The third-order valence-electron chi connectivity index (χ3n) is 5.42. The number of carbonyl (C=O) groups excluding carboxylic acids is 4. The number of nitriles is 1. The predicted molar refractivity (Wildman–Crippen MR) is 128 cm³/mol. The van der Waals surface area contributed by atoms with Gasteiger partial charge in [-0.1, -0.05) is 18.2 Å². The molecule has 0 radical (unpaired) electrons. The van der Waals surface area contributed by atoms with Gasteiger partial charge in [-0.15, -0.1) is 0 Å². The van der Waals surface area contributed by atoms with Crippen LogP contribution in [0.3, 0.4) is 0 Å². The van der Waals surface area contributed by atoms with E-state index in [-0.39, 0.29) is 17.3 Å². The molecule has 0 spiro atoms. The summed E-state index contributed by atoms with van der Waals surface area (Å²) in [6, 6.07) is 17.3. The number of rotatable bonds is 8. The first kappa shape index (κ1) is 24.2. The van der Waals surface area contributed by atoms with Crippen molar-refractivity contribution in [3.8, 4) is 11.8 Å². The van der Waals surface area contributed by atoms with E-state index in [1.54, 1.807) is 53.4 Å². The van der Waals surface area contributed by atoms with E-state index in [1.807, 2.05) is 12.1 Å². The highest BCUT2D eigenvalue weighted by atomic mass is 16.5. The Bertz CT molecular complexity index is 1330. The molecule has 36 heavy (non-hydrogen) atoms. The van der Waals surface area contributed by atoms with Crippen molar-refractivity contribution in [3.63, 3.8) is 0 Å². The predicted octanol–water partition coefficient (Wildman–Crippen LogP) is 1.78. The summed E-state index contributed by atoms with van der Waals surface area (Å²) in [5, 5.41) is 18.4. The van der Waals surface area contributed by atoms with Crippen molar-refractivity contribution in [2.24, 2.45) is 0 Å². The average molecular weight is 486 g/mol. The van der Waals surface area contributed by atoms with Crippen molar-refractivity contribution < 1.29 is 23.9 Å². The van der Waals surface area contributed by atoms with Crippen LogP contribution in [0, 0.1) is 11.3 Å². The summed E-state index contributed by atoms with van der Waals surface area (Å²) in [4.78, 5) is 50.2. The summed E-state index contributed by atoms with van der Waals surface area (Å²) < 4.78 is 6.33.